The van der Waals surface area contributed by atoms with Crippen LogP contribution in [-0.2, 0) is 0 Å². The number of hydrogen-bond donors (Lipinski definition) is 0. The molecule has 1 aliphatic carbocycles. The van der Waals surface area contributed by atoms with Gasteiger partial charge in [0.1, 0.15) is 0 Å². The topological polar surface area (TPSA) is 8.17 Å². The van der Waals surface area contributed by atoms with Crippen LogP contribution in [-0.4, -0.2) is 4.57 Å². The van der Waals surface area contributed by atoms with Crippen molar-refractivity contribution in [2.75, 3.05) is 4.90 Å². The highest BCUT2D eigenvalue weighted by Gasteiger charge is 2.15. The van der Waals surface area contributed by atoms with Gasteiger partial charge in [0.15, 0.2) is 0 Å². The van der Waals surface area contributed by atoms with Crippen molar-refractivity contribution in [2.45, 2.75) is 12.8 Å². The summed E-state index contributed by atoms with van der Waals surface area (Å²) < 4.78 is 2.36. The van der Waals surface area contributed by atoms with E-state index < -0.39 is 0 Å². The van der Waals surface area contributed by atoms with E-state index in [0.717, 1.165) is 29.9 Å². The quantitative estimate of drug-likeness (QED) is 0.195. The Morgan fingerprint density at radius 2 is 1.05 bits per heavy atom. The lowest BCUT2D eigenvalue weighted by Gasteiger charge is -2.26. The van der Waals surface area contributed by atoms with Crippen molar-refractivity contribution in [1.29, 1.82) is 0 Å². The Kier molecular flexibility index (Phi) is 6.66. The first-order chi connectivity index (χ1) is 21.8. The van der Waals surface area contributed by atoms with Gasteiger partial charge in [0.25, 0.3) is 0 Å². The van der Waals surface area contributed by atoms with Crippen LogP contribution < -0.4 is 4.90 Å². The number of aromatic nitrogens is 1. The van der Waals surface area contributed by atoms with E-state index in [1.54, 1.807) is 0 Å². The number of benzene rings is 6. The average molecular weight is 565 g/mol. The lowest BCUT2D eigenvalue weighted by Crippen LogP contribution is -2.09. The van der Waals surface area contributed by atoms with Gasteiger partial charge in [-0.25, -0.2) is 0 Å². The van der Waals surface area contributed by atoms with Gasteiger partial charge in [-0.2, -0.15) is 0 Å². The molecular weight excluding hydrogens is 532 g/mol. The molecule has 7 aromatic rings. The van der Waals surface area contributed by atoms with E-state index in [2.05, 4.69) is 179 Å². The van der Waals surface area contributed by atoms with Gasteiger partial charge < -0.3 is 9.47 Å². The van der Waals surface area contributed by atoms with Crippen molar-refractivity contribution in [3.8, 4) is 16.8 Å². The standard InChI is InChI=1S/C42H32N2/c1-4-12-31(13-5-1)32-20-25-37(26-21-32)43(35-14-6-2-7-15-35)38-27-22-33(23-28-38)34-24-29-42-40(30-34)39-18-10-11-19-41(39)44(42)36-16-8-3-9-17-36/h2-4,6-30H,1,5H2. The number of anilines is 3. The maximum atomic E-state index is 2.36. The van der Waals surface area contributed by atoms with Crippen molar-refractivity contribution in [2.24, 2.45) is 0 Å². The lowest BCUT2D eigenvalue weighted by molar-refractivity contribution is 1.04. The second kappa shape index (κ2) is 11.2. The molecule has 6 aromatic carbocycles. The van der Waals surface area contributed by atoms with E-state index in [-0.39, 0.29) is 0 Å². The third-order valence-electron chi connectivity index (χ3n) is 8.61. The summed E-state index contributed by atoms with van der Waals surface area (Å²) >= 11 is 0. The minimum Gasteiger partial charge on any atom is -0.311 e. The van der Waals surface area contributed by atoms with E-state index in [9.17, 15) is 0 Å². The van der Waals surface area contributed by atoms with Gasteiger partial charge in [-0.15, -0.1) is 0 Å². The largest absolute Gasteiger partial charge is 0.311 e. The van der Waals surface area contributed by atoms with Crippen molar-refractivity contribution in [3.63, 3.8) is 0 Å². The Labute approximate surface area is 258 Å². The number of hydrogen-bond acceptors (Lipinski definition) is 1. The van der Waals surface area contributed by atoms with E-state index in [0.29, 0.717) is 0 Å². The molecule has 0 radical (unpaired) electrons. The van der Waals surface area contributed by atoms with Crippen LogP contribution in [0.1, 0.15) is 18.4 Å². The fourth-order valence-electron chi connectivity index (χ4n) is 6.47. The predicted molar refractivity (Wildman–Crippen MR) is 187 cm³/mol. The maximum absolute atomic E-state index is 2.36. The SMILES string of the molecule is C1=CC(c2ccc(N(c3ccccc3)c3ccc(-c4ccc5c(c4)c4ccccc4n5-c4ccccc4)cc3)cc2)=CCC1. The fraction of sp³-hybridized carbons (Fsp3) is 0.0476. The zero-order chi connectivity index (χ0) is 29.3. The van der Waals surface area contributed by atoms with Crippen LogP contribution in [0.25, 0.3) is 44.2 Å². The van der Waals surface area contributed by atoms with Gasteiger partial charge in [0, 0.05) is 33.5 Å². The highest BCUT2D eigenvalue weighted by molar-refractivity contribution is 6.10. The number of fused-ring (bicyclic) bond motifs is 3. The molecule has 8 rings (SSSR count). The van der Waals surface area contributed by atoms with Crippen LogP contribution in [0.3, 0.4) is 0 Å². The monoisotopic (exact) mass is 564 g/mol. The number of nitrogens with zero attached hydrogens (tertiary/aromatic N) is 2. The molecule has 1 heterocycles. The Hall–Kier alpha value is -5.60. The summed E-state index contributed by atoms with van der Waals surface area (Å²) in [5.41, 5.74) is 12.0. The van der Waals surface area contributed by atoms with E-state index in [1.807, 2.05) is 0 Å². The van der Waals surface area contributed by atoms with E-state index in [4.69, 9.17) is 0 Å². The molecule has 0 atom stereocenters. The van der Waals surface area contributed by atoms with Crippen LogP contribution in [0, 0.1) is 0 Å². The molecule has 1 aromatic heterocycles. The van der Waals surface area contributed by atoms with Crippen LogP contribution >= 0.6 is 0 Å². The molecule has 0 saturated heterocycles. The van der Waals surface area contributed by atoms with Crippen molar-refractivity contribution in [3.05, 3.63) is 175 Å². The molecule has 44 heavy (non-hydrogen) atoms. The third-order valence-corrected chi connectivity index (χ3v) is 8.61. The lowest BCUT2D eigenvalue weighted by atomic mass is 9.99. The van der Waals surface area contributed by atoms with Crippen LogP contribution in [0.15, 0.2) is 170 Å². The smallest absolute Gasteiger partial charge is 0.0541 e. The van der Waals surface area contributed by atoms with Crippen molar-refractivity contribution < 1.29 is 0 Å². The maximum Gasteiger partial charge on any atom is 0.0541 e. The van der Waals surface area contributed by atoms with Crippen molar-refractivity contribution >= 4 is 44.4 Å². The van der Waals surface area contributed by atoms with Crippen LogP contribution in [0.4, 0.5) is 17.1 Å². The molecule has 0 unspecified atom stereocenters. The molecule has 210 valence electrons. The molecule has 0 N–H and O–H groups in total. The summed E-state index contributed by atoms with van der Waals surface area (Å²) in [5, 5.41) is 2.53. The molecule has 0 aliphatic heterocycles. The second-order valence-corrected chi connectivity index (χ2v) is 11.3. The van der Waals surface area contributed by atoms with Gasteiger partial charge >= 0.3 is 0 Å². The predicted octanol–water partition coefficient (Wildman–Crippen LogP) is 11.7. The molecule has 0 bridgehead atoms. The summed E-state index contributed by atoms with van der Waals surface area (Å²) in [6.07, 6.45) is 9.07. The normalized spacial score (nSPS) is 12.9. The third kappa shape index (κ3) is 4.71. The van der Waals surface area contributed by atoms with Crippen molar-refractivity contribution in [1.82, 2.24) is 4.57 Å². The molecule has 1 aliphatic rings. The minimum atomic E-state index is 1.11. The number of para-hydroxylation sites is 3. The van der Waals surface area contributed by atoms with E-state index in [1.165, 1.54) is 49.8 Å². The van der Waals surface area contributed by atoms with Gasteiger partial charge in [-0.3, -0.25) is 0 Å². The zero-order valence-corrected chi connectivity index (χ0v) is 24.5. The van der Waals surface area contributed by atoms with Gasteiger partial charge in [0.05, 0.1) is 11.0 Å². The van der Waals surface area contributed by atoms with Crippen LogP contribution in [0.5, 0.6) is 0 Å². The van der Waals surface area contributed by atoms with Gasteiger partial charge in [0.2, 0.25) is 0 Å². The fourth-order valence-corrected chi connectivity index (χ4v) is 6.47. The number of allylic oxidation sites excluding steroid dienone is 4. The summed E-state index contributed by atoms with van der Waals surface area (Å²) in [6.45, 7) is 0. The molecule has 0 fully saturated rings. The first kappa shape index (κ1) is 26.1. The average Bonchev–Trinajstić information content (AvgIpc) is 3.44. The summed E-state index contributed by atoms with van der Waals surface area (Å²) in [4.78, 5) is 2.33. The Bertz CT molecular complexity index is 2130. The molecule has 2 nitrogen and oxygen atoms in total. The summed E-state index contributed by atoms with van der Waals surface area (Å²) in [5.74, 6) is 0. The molecular formula is C42H32N2. The van der Waals surface area contributed by atoms with Crippen LogP contribution in [0.2, 0.25) is 0 Å². The Morgan fingerprint density at radius 3 is 1.75 bits per heavy atom. The van der Waals surface area contributed by atoms with E-state index >= 15 is 0 Å². The highest BCUT2D eigenvalue weighted by Crippen LogP contribution is 2.38. The molecule has 0 spiro atoms. The Balaban J connectivity index is 1.17. The van der Waals surface area contributed by atoms with Gasteiger partial charge in [-0.1, -0.05) is 103 Å². The second-order valence-electron chi connectivity index (χ2n) is 11.3. The first-order valence-corrected chi connectivity index (χ1v) is 15.3. The Morgan fingerprint density at radius 1 is 0.455 bits per heavy atom. The highest BCUT2D eigenvalue weighted by atomic mass is 15.1. The molecule has 2 heteroatoms. The summed E-state index contributed by atoms with van der Waals surface area (Å²) in [6, 6.07) is 54.7. The van der Waals surface area contributed by atoms with Gasteiger partial charge in [-0.05, 0) is 102 Å². The molecule has 0 amide bonds. The minimum absolute atomic E-state index is 1.11. The number of rotatable bonds is 6. The first-order valence-electron chi connectivity index (χ1n) is 15.3. The zero-order valence-electron chi connectivity index (χ0n) is 24.5. The molecule has 0 saturated carbocycles. The summed E-state index contributed by atoms with van der Waals surface area (Å²) in [7, 11) is 0.